The van der Waals surface area contributed by atoms with E-state index in [0.29, 0.717) is 18.1 Å². The number of aliphatic hydroxyl groups is 2. The predicted molar refractivity (Wildman–Crippen MR) is 138 cm³/mol. The lowest BCUT2D eigenvalue weighted by Gasteiger charge is -2.18. The fourth-order valence-electron chi connectivity index (χ4n) is 4.04. The molecule has 9 nitrogen and oxygen atoms in total. The van der Waals surface area contributed by atoms with Crippen LogP contribution in [0.25, 0.3) is 11.1 Å². The zero-order valence-corrected chi connectivity index (χ0v) is 21.0. The third-order valence-electron chi connectivity index (χ3n) is 6.17. The summed E-state index contributed by atoms with van der Waals surface area (Å²) < 4.78 is 17.5. The highest BCUT2D eigenvalue weighted by molar-refractivity contribution is 5.73. The summed E-state index contributed by atoms with van der Waals surface area (Å²) in [7, 11) is 0. The minimum Gasteiger partial charge on any atom is -0.491 e. The van der Waals surface area contributed by atoms with Gasteiger partial charge in [-0.25, -0.2) is 14.6 Å². The first-order valence-electron chi connectivity index (χ1n) is 11.9. The van der Waals surface area contributed by atoms with Crippen LogP contribution in [0.4, 0.5) is 0 Å². The Morgan fingerprint density at radius 1 is 0.973 bits per heavy atom. The highest BCUT2D eigenvalue weighted by Gasteiger charge is 2.13. The molecule has 0 saturated heterocycles. The Morgan fingerprint density at radius 2 is 1.73 bits per heavy atom. The summed E-state index contributed by atoms with van der Waals surface area (Å²) in [6.45, 7) is 6.24. The third kappa shape index (κ3) is 6.19. The lowest BCUT2D eigenvalue weighted by atomic mass is 9.92. The average Bonchev–Trinajstić information content (AvgIpc) is 3.20. The van der Waals surface area contributed by atoms with Gasteiger partial charge in [0.25, 0.3) is 0 Å². The van der Waals surface area contributed by atoms with Gasteiger partial charge in [0.05, 0.1) is 13.2 Å². The van der Waals surface area contributed by atoms with Crippen LogP contribution in [0.5, 0.6) is 11.5 Å². The number of aromatic nitrogens is 2. The fourth-order valence-corrected chi connectivity index (χ4v) is 4.04. The number of aliphatic hydroxyl groups excluding tert-OH is 2. The molecule has 37 heavy (non-hydrogen) atoms. The van der Waals surface area contributed by atoms with Gasteiger partial charge in [-0.05, 0) is 84.0 Å². The Hall–Kier alpha value is -4.08. The van der Waals surface area contributed by atoms with E-state index in [1.807, 2.05) is 56.3 Å². The van der Waals surface area contributed by atoms with Gasteiger partial charge in [-0.1, -0.05) is 30.3 Å². The second kappa shape index (κ2) is 11.3. The van der Waals surface area contributed by atoms with Crippen molar-refractivity contribution in [1.29, 1.82) is 0 Å². The molecule has 0 spiro atoms. The standard InChI is InChI=1S/C28H30N2O7/c1-17-12-26(36-16-22(32)14-31)18(2)11-25(17)24-6-4-5-21(19(24)3)15-35-23-9-7-20(8-10-23)13-30-27(33)29-28(34)37-30/h4-12,22,31-32H,13-16H2,1-3H3,(H,29,33,34)/t22-/m1/s1. The Kier molecular flexibility index (Phi) is 7.95. The molecule has 9 heteroatoms. The van der Waals surface area contributed by atoms with Crippen LogP contribution in [0.2, 0.25) is 0 Å². The molecule has 0 unspecified atom stereocenters. The number of nitrogens with zero attached hydrogens (tertiary/aromatic N) is 1. The van der Waals surface area contributed by atoms with Crippen molar-refractivity contribution in [2.24, 2.45) is 0 Å². The molecule has 3 aromatic carbocycles. The molecule has 0 aliphatic carbocycles. The van der Waals surface area contributed by atoms with E-state index in [1.165, 1.54) is 0 Å². The van der Waals surface area contributed by atoms with Gasteiger partial charge in [0.2, 0.25) is 0 Å². The molecule has 3 N–H and O–H groups in total. The molecule has 4 rings (SSSR count). The first-order valence-corrected chi connectivity index (χ1v) is 11.9. The minimum atomic E-state index is -0.916. The van der Waals surface area contributed by atoms with E-state index in [2.05, 4.69) is 24.0 Å². The molecule has 4 aromatic rings. The topological polar surface area (TPSA) is 127 Å². The van der Waals surface area contributed by atoms with Crippen molar-refractivity contribution in [2.75, 3.05) is 13.2 Å². The van der Waals surface area contributed by atoms with Crippen LogP contribution in [-0.2, 0) is 13.2 Å². The molecule has 1 aromatic heterocycles. The summed E-state index contributed by atoms with van der Waals surface area (Å²) in [6, 6.07) is 17.4. The molecule has 0 aliphatic rings. The van der Waals surface area contributed by atoms with E-state index in [4.69, 9.17) is 19.1 Å². The highest BCUT2D eigenvalue weighted by atomic mass is 16.5. The zero-order valence-electron chi connectivity index (χ0n) is 21.0. The van der Waals surface area contributed by atoms with Gasteiger partial charge in [-0.15, -0.1) is 4.74 Å². The van der Waals surface area contributed by atoms with E-state index in [9.17, 15) is 14.7 Å². The van der Waals surface area contributed by atoms with Crippen molar-refractivity contribution in [3.8, 4) is 22.6 Å². The fraction of sp³-hybridized carbons (Fsp3) is 0.286. The molecule has 1 heterocycles. The summed E-state index contributed by atoms with van der Waals surface area (Å²) in [5.41, 5.74) is 6.51. The number of hydrogen-bond donors (Lipinski definition) is 3. The quantitative estimate of drug-likeness (QED) is 0.302. The number of ether oxygens (including phenoxy) is 2. The molecule has 0 fully saturated rings. The maximum absolute atomic E-state index is 11.6. The van der Waals surface area contributed by atoms with Crippen LogP contribution < -0.4 is 20.9 Å². The van der Waals surface area contributed by atoms with Crippen LogP contribution in [0.1, 0.15) is 27.8 Å². The van der Waals surface area contributed by atoms with Crippen molar-refractivity contribution in [3.05, 3.63) is 103 Å². The van der Waals surface area contributed by atoms with Crippen LogP contribution in [0.3, 0.4) is 0 Å². The monoisotopic (exact) mass is 506 g/mol. The van der Waals surface area contributed by atoms with Gasteiger partial charge in [0, 0.05) is 0 Å². The van der Waals surface area contributed by atoms with Crippen LogP contribution in [0, 0.1) is 20.8 Å². The Bertz CT molecular complexity index is 1480. The first-order chi connectivity index (χ1) is 17.7. The molecule has 0 bridgehead atoms. The van der Waals surface area contributed by atoms with E-state index in [0.717, 1.165) is 43.7 Å². The number of hydrogen-bond acceptors (Lipinski definition) is 7. The molecular weight excluding hydrogens is 476 g/mol. The minimum absolute atomic E-state index is 0.0317. The Balaban J connectivity index is 1.46. The summed E-state index contributed by atoms with van der Waals surface area (Å²) in [5, 5.41) is 18.6. The Morgan fingerprint density at radius 3 is 2.41 bits per heavy atom. The largest absolute Gasteiger partial charge is 0.491 e. The maximum Gasteiger partial charge on any atom is 0.440 e. The van der Waals surface area contributed by atoms with Crippen molar-refractivity contribution in [3.63, 3.8) is 0 Å². The summed E-state index contributed by atoms with van der Waals surface area (Å²) in [5.74, 6) is 0.572. The van der Waals surface area contributed by atoms with Gasteiger partial charge in [-0.2, -0.15) is 0 Å². The normalized spacial score (nSPS) is 11.9. The highest BCUT2D eigenvalue weighted by Crippen LogP contribution is 2.33. The van der Waals surface area contributed by atoms with Gasteiger partial charge in [0.1, 0.15) is 30.8 Å². The van der Waals surface area contributed by atoms with Crippen LogP contribution in [0.15, 0.2) is 68.7 Å². The van der Waals surface area contributed by atoms with Gasteiger partial charge >= 0.3 is 11.4 Å². The number of aryl methyl sites for hydroxylation is 2. The van der Waals surface area contributed by atoms with E-state index in [1.54, 1.807) is 0 Å². The molecule has 0 saturated carbocycles. The second-order valence-electron chi connectivity index (χ2n) is 8.95. The van der Waals surface area contributed by atoms with Crippen LogP contribution >= 0.6 is 0 Å². The third-order valence-corrected chi connectivity index (χ3v) is 6.17. The van der Waals surface area contributed by atoms with E-state index < -0.39 is 17.5 Å². The Labute approximate surface area is 213 Å². The van der Waals surface area contributed by atoms with Crippen molar-refractivity contribution in [2.45, 2.75) is 40.0 Å². The van der Waals surface area contributed by atoms with Crippen LogP contribution in [-0.4, -0.2) is 39.3 Å². The molecule has 0 radical (unpaired) electrons. The van der Waals surface area contributed by atoms with Crippen molar-refractivity contribution < 1.29 is 24.2 Å². The molecular formula is C28H30N2O7. The molecule has 0 amide bonds. The predicted octanol–water partition coefficient (Wildman–Crippen LogP) is 3.08. The number of aromatic amines is 1. The smallest absolute Gasteiger partial charge is 0.440 e. The van der Waals surface area contributed by atoms with Gasteiger partial charge < -0.3 is 24.2 Å². The van der Waals surface area contributed by atoms with E-state index in [-0.39, 0.29) is 19.8 Å². The summed E-state index contributed by atoms with van der Waals surface area (Å²) in [6.07, 6.45) is -0.916. The number of benzene rings is 3. The number of nitrogens with one attached hydrogen (secondary N) is 1. The van der Waals surface area contributed by atoms with E-state index >= 15 is 0 Å². The maximum atomic E-state index is 11.6. The lowest BCUT2D eigenvalue weighted by molar-refractivity contribution is 0.0534. The molecule has 1 atom stereocenters. The first kappa shape index (κ1) is 26.0. The second-order valence-corrected chi connectivity index (χ2v) is 8.95. The number of H-pyrrole nitrogens is 1. The van der Waals surface area contributed by atoms with Gasteiger partial charge in [0.15, 0.2) is 0 Å². The summed E-state index contributed by atoms with van der Waals surface area (Å²) in [4.78, 5) is 24.8. The lowest BCUT2D eigenvalue weighted by Crippen LogP contribution is -2.21. The van der Waals surface area contributed by atoms with Gasteiger partial charge in [-0.3, -0.25) is 0 Å². The summed E-state index contributed by atoms with van der Waals surface area (Å²) >= 11 is 0. The van der Waals surface area contributed by atoms with Crippen molar-refractivity contribution in [1.82, 2.24) is 9.72 Å². The zero-order chi connectivity index (χ0) is 26.5. The SMILES string of the molecule is Cc1cc(-c2cccc(COc3ccc(Cn4oc(=O)[nH]c4=O)cc3)c2C)c(C)cc1OC[C@H](O)CO. The molecule has 0 aliphatic heterocycles. The average molecular weight is 507 g/mol. The number of rotatable bonds is 10. The molecule has 194 valence electrons. The van der Waals surface area contributed by atoms with Crippen molar-refractivity contribution >= 4 is 0 Å².